The van der Waals surface area contributed by atoms with Crippen LogP contribution >= 0.6 is 0 Å². The summed E-state index contributed by atoms with van der Waals surface area (Å²) in [7, 11) is 0. The van der Waals surface area contributed by atoms with Crippen molar-refractivity contribution in [2.75, 3.05) is 5.32 Å². The molecule has 4 N–H and O–H groups in total. The minimum absolute atomic E-state index is 0.128. The molecule has 26 heavy (non-hydrogen) atoms. The average Bonchev–Trinajstić information content (AvgIpc) is 3.12. The Labute approximate surface area is 150 Å². The summed E-state index contributed by atoms with van der Waals surface area (Å²) in [5.74, 6) is -2.49. The Morgan fingerprint density at radius 3 is 2.58 bits per heavy atom. The molecule has 1 aliphatic rings. The quantitative estimate of drug-likeness (QED) is 0.753. The van der Waals surface area contributed by atoms with Gasteiger partial charge in [-0.2, -0.15) is 5.10 Å². The number of carbonyl (C=O) groups excluding carboxylic acids is 2. The van der Waals surface area contributed by atoms with Crippen LogP contribution < -0.4 is 11.1 Å². The zero-order valence-corrected chi connectivity index (χ0v) is 14.1. The highest BCUT2D eigenvalue weighted by Gasteiger charge is 2.31. The number of aromatic nitrogens is 2. The van der Waals surface area contributed by atoms with Crippen LogP contribution in [0.1, 0.15) is 36.2 Å². The number of carbonyl (C=O) groups is 3. The van der Waals surface area contributed by atoms with Gasteiger partial charge in [0.05, 0.1) is 17.3 Å². The summed E-state index contributed by atoms with van der Waals surface area (Å²) >= 11 is 0. The van der Waals surface area contributed by atoms with E-state index in [9.17, 15) is 19.5 Å². The van der Waals surface area contributed by atoms with Gasteiger partial charge in [0.25, 0.3) is 5.91 Å². The first-order valence-corrected chi connectivity index (χ1v) is 8.44. The molecule has 8 nitrogen and oxygen atoms in total. The standard InChI is InChI=1S/C18H20N4O4/c19-16(23)14-8-9-22(21-14)15-7-2-1-6-13(15)20-17(24)11-4-3-5-12(10-11)18(25)26/h1-2,6-9,11-12H,3-5,10H2,(H2,19,23)(H,20,24)(H,25,26)/t11-,12+/m1/s1. The Kier molecular flexibility index (Phi) is 5.01. The molecular formula is C18H20N4O4. The zero-order valence-electron chi connectivity index (χ0n) is 14.1. The van der Waals surface area contributed by atoms with Crippen molar-refractivity contribution in [2.45, 2.75) is 25.7 Å². The number of hydrogen-bond donors (Lipinski definition) is 3. The number of aliphatic carboxylic acids is 1. The molecule has 0 unspecified atom stereocenters. The van der Waals surface area contributed by atoms with E-state index in [4.69, 9.17) is 5.73 Å². The lowest BCUT2D eigenvalue weighted by Crippen LogP contribution is -2.31. The number of carboxylic acids is 1. The summed E-state index contributed by atoms with van der Waals surface area (Å²) in [6.07, 6.45) is 3.94. The van der Waals surface area contributed by atoms with E-state index in [0.29, 0.717) is 30.6 Å². The molecule has 8 heteroatoms. The molecule has 1 heterocycles. The Morgan fingerprint density at radius 1 is 1.15 bits per heavy atom. The Hall–Kier alpha value is -3.16. The van der Waals surface area contributed by atoms with Gasteiger partial charge in [-0.3, -0.25) is 14.4 Å². The van der Waals surface area contributed by atoms with E-state index in [-0.39, 0.29) is 17.5 Å². The summed E-state index contributed by atoms with van der Waals surface area (Å²) in [5, 5.41) is 16.2. The maximum Gasteiger partial charge on any atom is 0.306 e. The third-order valence-corrected chi connectivity index (χ3v) is 4.64. The van der Waals surface area contributed by atoms with Gasteiger partial charge in [-0.15, -0.1) is 0 Å². The fourth-order valence-corrected chi connectivity index (χ4v) is 3.26. The lowest BCUT2D eigenvalue weighted by molar-refractivity contribution is -0.143. The molecule has 2 amide bonds. The number of amides is 2. The van der Waals surface area contributed by atoms with Gasteiger partial charge in [-0.05, 0) is 37.5 Å². The van der Waals surface area contributed by atoms with Gasteiger partial charge in [0.2, 0.25) is 5.91 Å². The van der Waals surface area contributed by atoms with Crippen molar-refractivity contribution in [3.8, 4) is 5.69 Å². The molecule has 2 atom stereocenters. The Bertz CT molecular complexity index is 845. The summed E-state index contributed by atoms with van der Waals surface area (Å²) in [5.41, 5.74) is 6.49. The number of primary amides is 1. The normalized spacial score (nSPS) is 19.7. The van der Waals surface area contributed by atoms with Gasteiger partial charge in [0.15, 0.2) is 0 Å². The summed E-state index contributed by atoms with van der Waals surface area (Å²) in [4.78, 5) is 35.1. The minimum Gasteiger partial charge on any atom is -0.481 e. The van der Waals surface area contributed by atoms with Crippen LogP contribution in [-0.4, -0.2) is 32.7 Å². The summed E-state index contributed by atoms with van der Waals surface area (Å²) < 4.78 is 1.47. The number of hydrogen-bond acceptors (Lipinski definition) is 4. The first-order valence-electron chi connectivity index (χ1n) is 8.44. The first kappa shape index (κ1) is 17.7. The second-order valence-corrected chi connectivity index (χ2v) is 6.41. The van der Waals surface area contributed by atoms with E-state index < -0.39 is 17.8 Å². The molecular weight excluding hydrogens is 336 g/mol. The van der Waals surface area contributed by atoms with Gasteiger partial charge < -0.3 is 16.2 Å². The summed E-state index contributed by atoms with van der Waals surface area (Å²) in [6, 6.07) is 8.56. The molecule has 1 saturated carbocycles. The van der Waals surface area contributed by atoms with Crippen LogP contribution in [0.3, 0.4) is 0 Å². The topological polar surface area (TPSA) is 127 Å². The second kappa shape index (κ2) is 7.38. The van der Waals surface area contributed by atoms with E-state index >= 15 is 0 Å². The van der Waals surface area contributed by atoms with Crippen molar-refractivity contribution >= 4 is 23.5 Å². The average molecular weight is 356 g/mol. The maximum atomic E-state index is 12.6. The minimum atomic E-state index is -0.849. The number of benzene rings is 1. The predicted octanol–water partition coefficient (Wildman–Crippen LogP) is 1.80. The molecule has 0 aliphatic heterocycles. The monoisotopic (exact) mass is 356 g/mol. The molecule has 1 fully saturated rings. The molecule has 0 bridgehead atoms. The van der Waals surface area contributed by atoms with Crippen LogP contribution in [0.15, 0.2) is 36.5 Å². The molecule has 1 aromatic heterocycles. The molecule has 136 valence electrons. The smallest absolute Gasteiger partial charge is 0.306 e. The van der Waals surface area contributed by atoms with Gasteiger partial charge in [0.1, 0.15) is 5.69 Å². The van der Waals surface area contributed by atoms with Crippen molar-refractivity contribution in [1.29, 1.82) is 0 Å². The van der Waals surface area contributed by atoms with Crippen LogP contribution in [0.25, 0.3) is 5.69 Å². The van der Waals surface area contributed by atoms with Gasteiger partial charge in [-0.25, -0.2) is 4.68 Å². The number of rotatable bonds is 5. The van der Waals surface area contributed by atoms with Crippen molar-refractivity contribution in [3.63, 3.8) is 0 Å². The fourth-order valence-electron chi connectivity index (χ4n) is 3.26. The van der Waals surface area contributed by atoms with E-state index in [1.165, 1.54) is 10.7 Å². The van der Waals surface area contributed by atoms with E-state index in [1.54, 1.807) is 30.5 Å². The van der Waals surface area contributed by atoms with Crippen molar-refractivity contribution in [2.24, 2.45) is 17.6 Å². The van der Waals surface area contributed by atoms with Crippen molar-refractivity contribution < 1.29 is 19.5 Å². The number of nitrogens with two attached hydrogens (primary N) is 1. The number of carboxylic acid groups (broad SMARTS) is 1. The zero-order chi connectivity index (χ0) is 18.7. The van der Waals surface area contributed by atoms with Crippen LogP contribution in [-0.2, 0) is 9.59 Å². The van der Waals surface area contributed by atoms with Gasteiger partial charge >= 0.3 is 5.97 Å². The van der Waals surface area contributed by atoms with Crippen LogP contribution in [0.4, 0.5) is 5.69 Å². The fraction of sp³-hybridized carbons (Fsp3) is 0.333. The highest BCUT2D eigenvalue weighted by molar-refractivity contribution is 5.95. The molecule has 3 rings (SSSR count). The molecule has 1 aliphatic carbocycles. The van der Waals surface area contributed by atoms with Crippen LogP contribution in [0.5, 0.6) is 0 Å². The highest BCUT2D eigenvalue weighted by atomic mass is 16.4. The Morgan fingerprint density at radius 2 is 1.88 bits per heavy atom. The lowest BCUT2D eigenvalue weighted by Gasteiger charge is -2.26. The van der Waals surface area contributed by atoms with E-state index in [1.807, 2.05) is 0 Å². The molecule has 2 aromatic rings. The van der Waals surface area contributed by atoms with E-state index in [2.05, 4.69) is 10.4 Å². The largest absolute Gasteiger partial charge is 0.481 e. The SMILES string of the molecule is NC(=O)c1ccn(-c2ccccc2NC(=O)[C@@H]2CCC[C@H](C(=O)O)C2)n1. The van der Waals surface area contributed by atoms with Crippen LogP contribution in [0.2, 0.25) is 0 Å². The van der Waals surface area contributed by atoms with Crippen molar-refractivity contribution in [1.82, 2.24) is 9.78 Å². The number of anilines is 1. The van der Waals surface area contributed by atoms with Crippen LogP contribution in [0, 0.1) is 11.8 Å². The van der Waals surface area contributed by atoms with E-state index in [0.717, 1.165) is 6.42 Å². The van der Waals surface area contributed by atoms with Gasteiger partial charge in [0, 0.05) is 12.1 Å². The second-order valence-electron chi connectivity index (χ2n) is 6.41. The summed E-state index contributed by atoms with van der Waals surface area (Å²) in [6.45, 7) is 0. The Balaban J connectivity index is 1.78. The first-order chi connectivity index (χ1) is 12.5. The molecule has 0 saturated heterocycles. The molecule has 0 radical (unpaired) electrons. The third kappa shape index (κ3) is 3.74. The number of nitrogens with zero attached hydrogens (tertiary/aromatic N) is 2. The lowest BCUT2D eigenvalue weighted by atomic mass is 9.81. The number of para-hydroxylation sites is 2. The number of nitrogens with one attached hydrogen (secondary N) is 1. The van der Waals surface area contributed by atoms with Gasteiger partial charge in [-0.1, -0.05) is 18.6 Å². The van der Waals surface area contributed by atoms with Crippen molar-refractivity contribution in [3.05, 3.63) is 42.2 Å². The molecule has 0 spiro atoms. The third-order valence-electron chi connectivity index (χ3n) is 4.64. The highest BCUT2D eigenvalue weighted by Crippen LogP contribution is 2.31. The maximum absolute atomic E-state index is 12.6. The predicted molar refractivity (Wildman–Crippen MR) is 93.8 cm³/mol. The molecule has 1 aromatic carbocycles.